The van der Waals surface area contributed by atoms with E-state index < -0.39 is 0 Å². The molecule has 122 valence electrons. The van der Waals surface area contributed by atoms with Gasteiger partial charge in [0.1, 0.15) is 5.01 Å². The molecule has 2 N–H and O–H groups in total. The SMILES string of the molecule is C[C@@H]1CNC[C@H]1C(=O)Nc1nnc(C(C)(C)c2ccccc2)s1. The molecule has 1 aromatic carbocycles. The Morgan fingerprint density at radius 2 is 2.00 bits per heavy atom. The highest BCUT2D eigenvalue weighted by molar-refractivity contribution is 7.15. The molecule has 3 rings (SSSR count). The van der Waals surface area contributed by atoms with E-state index in [4.69, 9.17) is 0 Å². The number of hydrogen-bond donors (Lipinski definition) is 2. The van der Waals surface area contributed by atoms with E-state index in [0.717, 1.165) is 18.1 Å². The molecule has 0 spiro atoms. The minimum Gasteiger partial charge on any atom is -0.316 e. The Hall–Kier alpha value is -1.79. The first-order valence-corrected chi connectivity index (χ1v) is 8.71. The first-order chi connectivity index (χ1) is 11.0. The van der Waals surface area contributed by atoms with Gasteiger partial charge in [-0.2, -0.15) is 0 Å². The molecule has 2 aromatic rings. The molecule has 0 saturated carbocycles. The van der Waals surface area contributed by atoms with Crippen molar-refractivity contribution in [1.29, 1.82) is 0 Å². The summed E-state index contributed by atoms with van der Waals surface area (Å²) in [6, 6.07) is 10.2. The lowest BCUT2D eigenvalue weighted by Crippen LogP contribution is -2.27. The van der Waals surface area contributed by atoms with Crippen molar-refractivity contribution < 1.29 is 4.79 Å². The van der Waals surface area contributed by atoms with Crippen molar-refractivity contribution in [3.63, 3.8) is 0 Å². The van der Waals surface area contributed by atoms with E-state index in [-0.39, 0.29) is 17.2 Å². The molecule has 1 aliphatic heterocycles. The summed E-state index contributed by atoms with van der Waals surface area (Å²) in [5, 5.41) is 16.1. The molecule has 0 bridgehead atoms. The lowest BCUT2D eigenvalue weighted by molar-refractivity contribution is -0.120. The van der Waals surface area contributed by atoms with Gasteiger partial charge in [0, 0.05) is 12.0 Å². The number of nitrogens with one attached hydrogen (secondary N) is 2. The molecular formula is C17H22N4OS. The number of carbonyl (C=O) groups excluding carboxylic acids is 1. The third-order valence-corrected chi connectivity index (χ3v) is 5.70. The summed E-state index contributed by atoms with van der Waals surface area (Å²) in [7, 11) is 0. The van der Waals surface area contributed by atoms with E-state index in [2.05, 4.69) is 53.7 Å². The number of benzene rings is 1. The van der Waals surface area contributed by atoms with Crippen LogP contribution in [-0.4, -0.2) is 29.2 Å². The van der Waals surface area contributed by atoms with Gasteiger partial charge in [-0.1, -0.05) is 48.6 Å². The number of hydrogen-bond acceptors (Lipinski definition) is 5. The maximum Gasteiger partial charge on any atom is 0.230 e. The van der Waals surface area contributed by atoms with Crippen molar-refractivity contribution >= 4 is 22.4 Å². The smallest absolute Gasteiger partial charge is 0.230 e. The van der Waals surface area contributed by atoms with Crippen molar-refractivity contribution in [1.82, 2.24) is 15.5 Å². The van der Waals surface area contributed by atoms with Crippen LogP contribution in [0.3, 0.4) is 0 Å². The summed E-state index contributed by atoms with van der Waals surface area (Å²) in [4.78, 5) is 12.3. The number of aromatic nitrogens is 2. The van der Waals surface area contributed by atoms with Crippen LogP contribution in [0.2, 0.25) is 0 Å². The molecule has 5 nitrogen and oxygen atoms in total. The van der Waals surface area contributed by atoms with Gasteiger partial charge in [-0.3, -0.25) is 4.79 Å². The van der Waals surface area contributed by atoms with Crippen LogP contribution in [0.4, 0.5) is 5.13 Å². The first kappa shape index (κ1) is 16.1. The predicted molar refractivity (Wildman–Crippen MR) is 92.6 cm³/mol. The fourth-order valence-electron chi connectivity index (χ4n) is 2.86. The molecule has 1 fully saturated rings. The molecular weight excluding hydrogens is 308 g/mol. The second-order valence-corrected chi connectivity index (χ2v) is 7.61. The molecule has 2 atom stereocenters. The zero-order chi connectivity index (χ0) is 16.4. The number of anilines is 1. The monoisotopic (exact) mass is 330 g/mol. The third kappa shape index (κ3) is 3.28. The first-order valence-electron chi connectivity index (χ1n) is 7.89. The van der Waals surface area contributed by atoms with Crippen molar-refractivity contribution in [3.05, 3.63) is 40.9 Å². The number of nitrogens with zero attached hydrogens (tertiary/aromatic N) is 2. The number of amides is 1. The van der Waals surface area contributed by atoms with E-state index in [0.29, 0.717) is 11.0 Å². The van der Waals surface area contributed by atoms with E-state index in [9.17, 15) is 4.79 Å². The molecule has 0 aliphatic carbocycles. The maximum absolute atomic E-state index is 12.3. The zero-order valence-electron chi connectivity index (χ0n) is 13.7. The minimum atomic E-state index is -0.232. The summed E-state index contributed by atoms with van der Waals surface area (Å²) in [6.45, 7) is 7.96. The summed E-state index contributed by atoms with van der Waals surface area (Å²) in [6.07, 6.45) is 0. The number of carbonyl (C=O) groups is 1. The Morgan fingerprint density at radius 1 is 1.26 bits per heavy atom. The maximum atomic E-state index is 12.3. The minimum absolute atomic E-state index is 0.00415. The highest BCUT2D eigenvalue weighted by Crippen LogP contribution is 2.34. The van der Waals surface area contributed by atoms with Gasteiger partial charge in [-0.05, 0) is 31.9 Å². The van der Waals surface area contributed by atoms with Crippen LogP contribution in [-0.2, 0) is 10.2 Å². The van der Waals surface area contributed by atoms with Gasteiger partial charge in [-0.25, -0.2) is 0 Å². The Kier molecular flexibility index (Phi) is 4.46. The molecule has 2 heterocycles. The van der Waals surface area contributed by atoms with Crippen LogP contribution >= 0.6 is 11.3 Å². The zero-order valence-corrected chi connectivity index (χ0v) is 14.5. The van der Waals surface area contributed by atoms with Crippen molar-refractivity contribution in [2.45, 2.75) is 26.2 Å². The number of rotatable bonds is 4. The van der Waals surface area contributed by atoms with Gasteiger partial charge in [0.15, 0.2) is 0 Å². The Labute approximate surface area is 140 Å². The lowest BCUT2D eigenvalue weighted by Gasteiger charge is -2.21. The molecule has 0 unspecified atom stereocenters. The van der Waals surface area contributed by atoms with Crippen molar-refractivity contribution in [2.24, 2.45) is 11.8 Å². The molecule has 1 amide bonds. The second kappa shape index (κ2) is 6.37. The summed E-state index contributed by atoms with van der Waals surface area (Å²) >= 11 is 1.45. The Bertz CT molecular complexity index is 683. The van der Waals surface area contributed by atoms with E-state index in [1.165, 1.54) is 16.9 Å². The summed E-state index contributed by atoms with van der Waals surface area (Å²) in [5.41, 5.74) is 0.951. The predicted octanol–water partition coefficient (Wildman–Crippen LogP) is 2.66. The van der Waals surface area contributed by atoms with E-state index in [1.54, 1.807) is 0 Å². The van der Waals surface area contributed by atoms with Crippen molar-refractivity contribution in [3.8, 4) is 0 Å². The van der Waals surface area contributed by atoms with Crippen LogP contribution in [0.15, 0.2) is 30.3 Å². The molecule has 1 aliphatic rings. The van der Waals surface area contributed by atoms with Gasteiger partial charge in [0.05, 0.1) is 5.92 Å². The van der Waals surface area contributed by atoms with E-state index in [1.807, 2.05) is 18.2 Å². The molecule has 1 aromatic heterocycles. The van der Waals surface area contributed by atoms with Gasteiger partial charge >= 0.3 is 0 Å². The highest BCUT2D eigenvalue weighted by Gasteiger charge is 2.31. The fraction of sp³-hybridized carbons (Fsp3) is 0.471. The van der Waals surface area contributed by atoms with Crippen LogP contribution in [0.25, 0.3) is 0 Å². The average Bonchev–Trinajstić information content (AvgIpc) is 3.17. The van der Waals surface area contributed by atoms with Crippen LogP contribution in [0, 0.1) is 11.8 Å². The highest BCUT2D eigenvalue weighted by atomic mass is 32.1. The van der Waals surface area contributed by atoms with Crippen LogP contribution in [0.1, 0.15) is 31.3 Å². The Balaban J connectivity index is 1.74. The summed E-state index contributed by atoms with van der Waals surface area (Å²) in [5.74, 6) is 0.385. The standard InChI is InChI=1S/C17H22N4OS/c1-11-9-18-10-13(11)14(22)19-16-21-20-15(23-16)17(2,3)12-7-5-4-6-8-12/h4-8,11,13,18H,9-10H2,1-3H3,(H,19,21,22)/t11-,13-/m1/s1. The third-order valence-electron chi connectivity index (χ3n) is 4.54. The molecule has 1 saturated heterocycles. The topological polar surface area (TPSA) is 66.9 Å². The summed E-state index contributed by atoms with van der Waals surface area (Å²) < 4.78 is 0. The molecule has 0 radical (unpaired) electrons. The van der Waals surface area contributed by atoms with Gasteiger partial charge in [-0.15, -0.1) is 10.2 Å². The normalized spacial score (nSPS) is 21.3. The van der Waals surface area contributed by atoms with Gasteiger partial charge in [0.2, 0.25) is 11.0 Å². The largest absolute Gasteiger partial charge is 0.316 e. The quantitative estimate of drug-likeness (QED) is 0.904. The second-order valence-electron chi connectivity index (χ2n) is 6.63. The van der Waals surface area contributed by atoms with Crippen molar-refractivity contribution in [2.75, 3.05) is 18.4 Å². The Morgan fingerprint density at radius 3 is 2.65 bits per heavy atom. The molecule has 23 heavy (non-hydrogen) atoms. The van der Waals surface area contributed by atoms with Gasteiger partial charge < -0.3 is 10.6 Å². The fourth-order valence-corrected chi connectivity index (χ4v) is 3.73. The van der Waals surface area contributed by atoms with Crippen LogP contribution < -0.4 is 10.6 Å². The molecule has 6 heteroatoms. The van der Waals surface area contributed by atoms with Gasteiger partial charge in [0.25, 0.3) is 0 Å². The lowest BCUT2D eigenvalue weighted by atomic mass is 9.85. The average molecular weight is 330 g/mol. The van der Waals surface area contributed by atoms with E-state index >= 15 is 0 Å². The van der Waals surface area contributed by atoms with Crippen LogP contribution in [0.5, 0.6) is 0 Å².